The number of hydrogen-bond donors (Lipinski definition) is 1. The molecule has 2 aromatic rings. The highest BCUT2D eigenvalue weighted by atomic mass is 19.2. The van der Waals surface area contributed by atoms with Crippen LogP contribution in [-0.2, 0) is 13.1 Å². The summed E-state index contributed by atoms with van der Waals surface area (Å²) >= 11 is 0. The van der Waals surface area contributed by atoms with Crippen molar-refractivity contribution < 1.29 is 27.9 Å². The van der Waals surface area contributed by atoms with Gasteiger partial charge in [-0.15, -0.1) is 0 Å². The number of carbonyl (C=O) groups excluding carboxylic acids is 1. The number of nitrogens with zero attached hydrogens (tertiary/aromatic N) is 2. The molecule has 120 valence electrons. The molecular formula is C15H12F2N2O4. The number of anilines is 1. The molecule has 0 saturated heterocycles. The Labute approximate surface area is 129 Å². The van der Waals surface area contributed by atoms with Crippen LogP contribution >= 0.6 is 0 Å². The van der Waals surface area contributed by atoms with E-state index in [1.165, 1.54) is 29.0 Å². The number of rotatable bonds is 3. The Balaban J connectivity index is 1.87. The number of carboxylic acid groups (broad SMARTS) is 1. The van der Waals surface area contributed by atoms with Crippen molar-refractivity contribution in [2.75, 3.05) is 11.9 Å². The van der Waals surface area contributed by atoms with E-state index in [2.05, 4.69) is 0 Å². The first-order valence-corrected chi connectivity index (χ1v) is 6.69. The van der Waals surface area contributed by atoms with Crippen molar-refractivity contribution in [2.45, 2.75) is 13.1 Å². The molecule has 0 fully saturated rings. The van der Waals surface area contributed by atoms with Gasteiger partial charge in [0.1, 0.15) is 0 Å². The van der Waals surface area contributed by atoms with Crippen molar-refractivity contribution in [3.05, 3.63) is 52.8 Å². The summed E-state index contributed by atoms with van der Waals surface area (Å²) in [5.41, 5.74) is 0.961. The van der Waals surface area contributed by atoms with E-state index in [0.29, 0.717) is 11.1 Å². The van der Waals surface area contributed by atoms with E-state index in [9.17, 15) is 18.4 Å². The molecule has 8 heteroatoms. The standard InChI is InChI=1S/C15H12F2N2O4/c1-18-13-9(5-12(23-13)14(20)21)7-19(15(18)22)6-8-2-3-10(16)11(17)4-8/h2-5H,6-7H2,1H3,(H,20,21). The molecule has 1 aliphatic rings. The predicted octanol–water partition coefficient (Wildman–Crippen LogP) is 2.83. The first-order valence-electron chi connectivity index (χ1n) is 6.69. The lowest BCUT2D eigenvalue weighted by atomic mass is 10.1. The number of carboxylic acids is 1. The summed E-state index contributed by atoms with van der Waals surface area (Å²) in [6.07, 6.45) is 0. The van der Waals surface area contributed by atoms with Crippen LogP contribution in [0.5, 0.6) is 0 Å². The lowest BCUT2D eigenvalue weighted by molar-refractivity contribution is 0.0663. The lowest BCUT2D eigenvalue weighted by Crippen LogP contribution is -2.44. The van der Waals surface area contributed by atoms with Crippen molar-refractivity contribution in [1.29, 1.82) is 0 Å². The molecule has 0 aliphatic carbocycles. The second-order valence-corrected chi connectivity index (χ2v) is 5.19. The van der Waals surface area contributed by atoms with Crippen LogP contribution in [0.25, 0.3) is 0 Å². The van der Waals surface area contributed by atoms with Gasteiger partial charge in [-0.25, -0.2) is 18.4 Å². The first-order chi connectivity index (χ1) is 10.9. The molecule has 0 unspecified atom stereocenters. The van der Waals surface area contributed by atoms with Gasteiger partial charge in [0.05, 0.1) is 6.54 Å². The third-order valence-electron chi connectivity index (χ3n) is 3.58. The number of halogens is 2. The van der Waals surface area contributed by atoms with Gasteiger partial charge in [-0.05, 0) is 23.8 Å². The minimum Gasteiger partial charge on any atom is -0.475 e. The van der Waals surface area contributed by atoms with Gasteiger partial charge in [0, 0.05) is 19.2 Å². The van der Waals surface area contributed by atoms with Gasteiger partial charge >= 0.3 is 12.0 Å². The van der Waals surface area contributed by atoms with Crippen molar-refractivity contribution in [2.24, 2.45) is 0 Å². The van der Waals surface area contributed by atoms with Gasteiger partial charge in [-0.1, -0.05) is 6.07 Å². The molecule has 1 aromatic heterocycles. The number of furan rings is 1. The topological polar surface area (TPSA) is 74.0 Å². The average Bonchev–Trinajstić information content (AvgIpc) is 2.93. The van der Waals surface area contributed by atoms with E-state index < -0.39 is 23.6 Å². The number of carbonyl (C=O) groups is 2. The number of hydrogen-bond acceptors (Lipinski definition) is 3. The maximum Gasteiger partial charge on any atom is 0.371 e. The number of fused-ring (bicyclic) bond motifs is 1. The van der Waals surface area contributed by atoms with E-state index in [4.69, 9.17) is 9.52 Å². The molecule has 2 heterocycles. The normalized spacial score (nSPS) is 14.1. The van der Waals surface area contributed by atoms with Crippen LogP contribution in [0.3, 0.4) is 0 Å². The van der Waals surface area contributed by atoms with E-state index in [1.807, 2.05) is 0 Å². The largest absolute Gasteiger partial charge is 0.475 e. The summed E-state index contributed by atoms with van der Waals surface area (Å²) in [6.45, 7) is 0.182. The number of urea groups is 1. The van der Waals surface area contributed by atoms with Gasteiger partial charge in [0.2, 0.25) is 11.6 Å². The molecule has 6 nitrogen and oxygen atoms in total. The molecule has 0 bridgehead atoms. The van der Waals surface area contributed by atoms with Crippen LogP contribution in [0.4, 0.5) is 19.5 Å². The first kappa shape index (κ1) is 15.0. The molecule has 23 heavy (non-hydrogen) atoms. The summed E-state index contributed by atoms with van der Waals surface area (Å²) in [7, 11) is 1.45. The molecule has 0 radical (unpaired) electrons. The highest BCUT2D eigenvalue weighted by Gasteiger charge is 2.32. The van der Waals surface area contributed by atoms with Crippen molar-refractivity contribution >= 4 is 17.9 Å². The Morgan fingerprint density at radius 2 is 2.04 bits per heavy atom. The Morgan fingerprint density at radius 1 is 1.30 bits per heavy atom. The predicted molar refractivity (Wildman–Crippen MR) is 75.1 cm³/mol. The molecule has 1 aliphatic heterocycles. The van der Waals surface area contributed by atoms with Gasteiger partial charge in [-0.2, -0.15) is 0 Å². The van der Waals surface area contributed by atoms with E-state index in [0.717, 1.165) is 12.1 Å². The van der Waals surface area contributed by atoms with Crippen molar-refractivity contribution in [3.8, 4) is 0 Å². The molecule has 1 aromatic carbocycles. The highest BCUT2D eigenvalue weighted by Crippen LogP contribution is 2.31. The summed E-state index contributed by atoms with van der Waals surface area (Å²) < 4.78 is 31.4. The second-order valence-electron chi connectivity index (χ2n) is 5.19. The van der Waals surface area contributed by atoms with Gasteiger partial charge in [0.15, 0.2) is 11.6 Å². The lowest BCUT2D eigenvalue weighted by Gasteiger charge is -2.32. The average molecular weight is 322 g/mol. The van der Waals surface area contributed by atoms with Gasteiger partial charge < -0.3 is 14.4 Å². The van der Waals surface area contributed by atoms with Crippen LogP contribution < -0.4 is 4.90 Å². The maximum atomic E-state index is 13.3. The Hall–Kier alpha value is -2.90. The molecule has 0 spiro atoms. The number of aromatic carboxylic acids is 1. The van der Waals surface area contributed by atoms with Crippen molar-refractivity contribution in [3.63, 3.8) is 0 Å². The Morgan fingerprint density at radius 3 is 2.70 bits per heavy atom. The van der Waals surface area contributed by atoms with Crippen LogP contribution in [0.2, 0.25) is 0 Å². The van der Waals surface area contributed by atoms with Crippen LogP contribution in [0, 0.1) is 11.6 Å². The fourth-order valence-electron chi connectivity index (χ4n) is 2.48. The molecule has 0 saturated carbocycles. The van der Waals surface area contributed by atoms with Gasteiger partial charge in [0.25, 0.3) is 0 Å². The third kappa shape index (κ3) is 2.63. The zero-order chi connectivity index (χ0) is 16.7. The Kier molecular flexibility index (Phi) is 3.51. The quantitative estimate of drug-likeness (QED) is 0.943. The SMILES string of the molecule is CN1C(=O)N(Cc2ccc(F)c(F)c2)Cc2cc(C(=O)O)oc21. The number of benzene rings is 1. The third-order valence-corrected chi connectivity index (χ3v) is 3.58. The monoisotopic (exact) mass is 322 g/mol. The highest BCUT2D eigenvalue weighted by molar-refractivity contribution is 5.94. The van der Waals surface area contributed by atoms with E-state index in [-0.39, 0.29) is 24.7 Å². The summed E-state index contributed by atoms with van der Waals surface area (Å²) in [6, 6.07) is 4.33. The smallest absolute Gasteiger partial charge is 0.371 e. The minimum atomic E-state index is -1.23. The fraction of sp³-hybridized carbons (Fsp3) is 0.200. The zero-order valence-electron chi connectivity index (χ0n) is 12.0. The van der Waals surface area contributed by atoms with Crippen LogP contribution in [0.1, 0.15) is 21.7 Å². The summed E-state index contributed by atoms with van der Waals surface area (Å²) in [4.78, 5) is 25.8. The molecule has 2 amide bonds. The van der Waals surface area contributed by atoms with Crippen LogP contribution in [-0.4, -0.2) is 29.1 Å². The van der Waals surface area contributed by atoms with E-state index in [1.54, 1.807) is 0 Å². The maximum absolute atomic E-state index is 13.3. The van der Waals surface area contributed by atoms with Crippen molar-refractivity contribution in [1.82, 2.24) is 4.90 Å². The molecule has 1 N–H and O–H groups in total. The molecule has 0 atom stereocenters. The second kappa shape index (κ2) is 5.38. The van der Waals surface area contributed by atoms with Crippen LogP contribution in [0.15, 0.2) is 28.7 Å². The minimum absolute atomic E-state index is 0.0629. The summed E-state index contributed by atoms with van der Waals surface area (Å²) in [5, 5.41) is 8.96. The Bertz CT molecular complexity index is 803. The summed E-state index contributed by atoms with van der Waals surface area (Å²) in [5.74, 6) is -3.26. The van der Waals surface area contributed by atoms with Gasteiger partial charge in [-0.3, -0.25) is 4.90 Å². The number of amides is 2. The molecule has 3 rings (SSSR count). The van der Waals surface area contributed by atoms with E-state index >= 15 is 0 Å². The molecular weight excluding hydrogens is 310 g/mol. The zero-order valence-corrected chi connectivity index (χ0v) is 12.0. The fourth-order valence-corrected chi connectivity index (χ4v) is 2.48.